The summed E-state index contributed by atoms with van der Waals surface area (Å²) >= 11 is 0. The predicted octanol–water partition coefficient (Wildman–Crippen LogP) is 3.89. The van der Waals surface area contributed by atoms with Crippen molar-refractivity contribution in [1.82, 2.24) is 9.55 Å². The quantitative estimate of drug-likeness (QED) is 0.920. The topological polar surface area (TPSA) is 39.1 Å². The van der Waals surface area contributed by atoms with Crippen LogP contribution in [0, 0.1) is 5.82 Å². The molecule has 1 aliphatic carbocycles. The Kier molecular flexibility index (Phi) is 3.58. The molecule has 20 heavy (non-hydrogen) atoms. The monoisotopic (exact) mass is 275 g/mol. The van der Waals surface area contributed by atoms with Crippen molar-refractivity contribution in [3.05, 3.63) is 36.4 Å². The van der Waals surface area contributed by atoms with Crippen LogP contribution in [0.1, 0.15) is 31.7 Å². The Morgan fingerprint density at radius 3 is 2.90 bits per heavy atom. The van der Waals surface area contributed by atoms with Gasteiger partial charge in [0.05, 0.1) is 7.11 Å². The molecule has 3 rings (SSSR count). The van der Waals surface area contributed by atoms with E-state index in [2.05, 4.69) is 14.9 Å². The molecule has 0 bridgehead atoms. The van der Waals surface area contributed by atoms with Gasteiger partial charge in [0, 0.05) is 30.2 Å². The number of hydrogen-bond donors (Lipinski definition) is 1. The fourth-order valence-corrected chi connectivity index (χ4v) is 2.75. The van der Waals surface area contributed by atoms with Crippen LogP contribution in [-0.2, 0) is 0 Å². The molecule has 1 aromatic heterocycles. The van der Waals surface area contributed by atoms with Crippen molar-refractivity contribution in [3.8, 4) is 5.75 Å². The standard InChI is InChI=1S/C15H18FN3O/c1-20-14-10-11(6-7-13(14)16)18-15-17-8-9-19(15)12-4-2-3-5-12/h6-10,12H,2-5H2,1H3,(H,17,18). The summed E-state index contributed by atoms with van der Waals surface area (Å²) in [4.78, 5) is 4.35. The van der Waals surface area contributed by atoms with Gasteiger partial charge < -0.3 is 14.6 Å². The van der Waals surface area contributed by atoms with Gasteiger partial charge in [0.25, 0.3) is 0 Å². The van der Waals surface area contributed by atoms with Gasteiger partial charge in [-0.05, 0) is 25.0 Å². The third-order valence-corrected chi connectivity index (χ3v) is 3.79. The summed E-state index contributed by atoms with van der Waals surface area (Å²) in [5.41, 5.74) is 0.772. The van der Waals surface area contributed by atoms with E-state index in [1.165, 1.54) is 38.9 Å². The van der Waals surface area contributed by atoms with E-state index in [1.54, 1.807) is 18.3 Å². The van der Waals surface area contributed by atoms with Crippen LogP contribution in [0.5, 0.6) is 5.75 Å². The summed E-state index contributed by atoms with van der Waals surface area (Å²) in [6, 6.07) is 5.24. The van der Waals surface area contributed by atoms with E-state index in [0.717, 1.165) is 11.6 Å². The minimum atomic E-state index is -0.364. The minimum absolute atomic E-state index is 0.231. The van der Waals surface area contributed by atoms with E-state index < -0.39 is 0 Å². The molecule has 0 spiro atoms. The zero-order valence-corrected chi connectivity index (χ0v) is 11.5. The fraction of sp³-hybridized carbons (Fsp3) is 0.400. The molecular formula is C15H18FN3O. The Labute approximate surface area is 117 Å². The number of methoxy groups -OCH3 is 1. The fourth-order valence-electron chi connectivity index (χ4n) is 2.75. The average molecular weight is 275 g/mol. The van der Waals surface area contributed by atoms with Gasteiger partial charge in [-0.25, -0.2) is 9.37 Å². The van der Waals surface area contributed by atoms with Gasteiger partial charge >= 0.3 is 0 Å². The number of rotatable bonds is 4. The van der Waals surface area contributed by atoms with E-state index in [0.29, 0.717) is 6.04 Å². The van der Waals surface area contributed by atoms with Crippen LogP contribution in [0.4, 0.5) is 16.0 Å². The Morgan fingerprint density at radius 2 is 2.15 bits per heavy atom. The molecule has 0 atom stereocenters. The number of hydrogen-bond acceptors (Lipinski definition) is 3. The van der Waals surface area contributed by atoms with Crippen molar-refractivity contribution in [2.75, 3.05) is 12.4 Å². The van der Waals surface area contributed by atoms with Crippen LogP contribution >= 0.6 is 0 Å². The summed E-state index contributed by atoms with van der Waals surface area (Å²) in [6.07, 6.45) is 8.72. The molecule has 5 heteroatoms. The van der Waals surface area contributed by atoms with E-state index in [9.17, 15) is 4.39 Å². The lowest BCUT2D eigenvalue weighted by Crippen LogP contribution is -2.08. The number of imidazole rings is 1. The van der Waals surface area contributed by atoms with Crippen LogP contribution in [-0.4, -0.2) is 16.7 Å². The third kappa shape index (κ3) is 2.48. The van der Waals surface area contributed by atoms with Gasteiger partial charge in [0.15, 0.2) is 11.6 Å². The molecule has 0 saturated heterocycles. The SMILES string of the molecule is COc1cc(Nc2nccn2C2CCCC2)ccc1F. The predicted molar refractivity (Wildman–Crippen MR) is 76.0 cm³/mol. The first-order chi connectivity index (χ1) is 9.78. The maximum Gasteiger partial charge on any atom is 0.207 e. The zero-order chi connectivity index (χ0) is 13.9. The number of ether oxygens (including phenoxy) is 1. The Bertz CT molecular complexity index is 591. The van der Waals surface area contributed by atoms with Crippen LogP contribution in [0.25, 0.3) is 0 Å². The normalized spacial score (nSPS) is 15.5. The van der Waals surface area contributed by atoms with Crippen molar-refractivity contribution >= 4 is 11.6 Å². The number of nitrogens with zero attached hydrogens (tertiary/aromatic N) is 2. The van der Waals surface area contributed by atoms with Gasteiger partial charge in [-0.3, -0.25) is 0 Å². The second-order valence-corrected chi connectivity index (χ2v) is 5.07. The molecule has 1 aliphatic rings. The third-order valence-electron chi connectivity index (χ3n) is 3.79. The Balaban J connectivity index is 1.82. The molecule has 1 heterocycles. The average Bonchev–Trinajstić information content (AvgIpc) is 3.11. The van der Waals surface area contributed by atoms with Gasteiger partial charge in [0.1, 0.15) is 0 Å². The Morgan fingerprint density at radius 1 is 1.35 bits per heavy atom. The molecule has 1 fully saturated rings. The minimum Gasteiger partial charge on any atom is -0.494 e. The first kappa shape index (κ1) is 13.0. The summed E-state index contributed by atoms with van der Waals surface area (Å²) < 4.78 is 20.6. The first-order valence-electron chi connectivity index (χ1n) is 6.91. The summed E-state index contributed by atoms with van der Waals surface area (Å²) in [7, 11) is 1.46. The van der Waals surface area contributed by atoms with Crippen molar-refractivity contribution in [1.29, 1.82) is 0 Å². The van der Waals surface area contributed by atoms with Crippen molar-refractivity contribution in [2.45, 2.75) is 31.7 Å². The lowest BCUT2D eigenvalue weighted by atomic mass is 10.2. The maximum absolute atomic E-state index is 13.4. The van der Waals surface area contributed by atoms with E-state index in [4.69, 9.17) is 4.74 Å². The summed E-state index contributed by atoms with van der Waals surface area (Å²) in [5, 5.41) is 3.24. The van der Waals surface area contributed by atoms with E-state index in [1.807, 2.05) is 6.20 Å². The molecule has 2 aromatic rings. The molecule has 0 unspecified atom stereocenters. The smallest absolute Gasteiger partial charge is 0.207 e. The van der Waals surface area contributed by atoms with Crippen molar-refractivity contribution < 1.29 is 9.13 Å². The number of benzene rings is 1. The Hall–Kier alpha value is -2.04. The lowest BCUT2D eigenvalue weighted by Gasteiger charge is -2.16. The molecule has 0 aliphatic heterocycles. The second kappa shape index (κ2) is 5.53. The number of anilines is 2. The van der Waals surface area contributed by atoms with Crippen LogP contribution in [0.3, 0.4) is 0 Å². The van der Waals surface area contributed by atoms with Crippen LogP contribution in [0.15, 0.2) is 30.6 Å². The summed E-state index contributed by atoms with van der Waals surface area (Å²) in [5.74, 6) is 0.664. The first-order valence-corrected chi connectivity index (χ1v) is 6.91. The van der Waals surface area contributed by atoms with E-state index in [-0.39, 0.29) is 11.6 Å². The highest BCUT2D eigenvalue weighted by Gasteiger charge is 2.19. The molecule has 106 valence electrons. The maximum atomic E-state index is 13.4. The molecular weight excluding hydrogens is 257 g/mol. The van der Waals surface area contributed by atoms with Gasteiger partial charge in [-0.15, -0.1) is 0 Å². The second-order valence-electron chi connectivity index (χ2n) is 5.07. The van der Waals surface area contributed by atoms with Gasteiger partial charge in [-0.2, -0.15) is 0 Å². The molecule has 1 saturated carbocycles. The summed E-state index contributed by atoms with van der Waals surface area (Å²) in [6.45, 7) is 0. The number of halogens is 1. The molecule has 4 nitrogen and oxygen atoms in total. The lowest BCUT2D eigenvalue weighted by molar-refractivity contribution is 0.387. The van der Waals surface area contributed by atoms with Crippen LogP contribution in [0.2, 0.25) is 0 Å². The van der Waals surface area contributed by atoms with Gasteiger partial charge in [-0.1, -0.05) is 12.8 Å². The van der Waals surface area contributed by atoms with Crippen molar-refractivity contribution in [3.63, 3.8) is 0 Å². The highest BCUT2D eigenvalue weighted by Crippen LogP contribution is 2.32. The zero-order valence-electron chi connectivity index (χ0n) is 11.5. The van der Waals surface area contributed by atoms with E-state index >= 15 is 0 Å². The molecule has 0 amide bonds. The molecule has 1 aromatic carbocycles. The highest BCUT2D eigenvalue weighted by molar-refractivity contribution is 5.56. The number of aromatic nitrogens is 2. The largest absolute Gasteiger partial charge is 0.494 e. The van der Waals surface area contributed by atoms with Crippen molar-refractivity contribution in [2.24, 2.45) is 0 Å². The highest BCUT2D eigenvalue weighted by atomic mass is 19.1. The molecule has 1 N–H and O–H groups in total. The van der Waals surface area contributed by atoms with Gasteiger partial charge in [0.2, 0.25) is 5.95 Å². The number of nitrogens with one attached hydrogen (secondary N) is 1. The van der Waals surface area contributed by atoms with Crippen LogP contribution < -0.4 is 10.1 Å². The molecule has 0 radical (unpaired) electrons.